The Labute approximate surface area is 268 Å². The normalized spacial score (nSPS) is 49.4. The fourth-order valence-electron chi connectivity index (χ4n) is 12.8. The van der Waals surface area contributed by atoms with Crippen molar-refractivity contribution in [2.24, 2.45) is 44.8 Å². The van der Waals surface area contributed by atoms with Crippen molar-refractivity contribution in [2.75, 3.05) is 19.7 Å². The van der Waals surface area contributed by atoms with Crippen molar-refractivity contribution in [1.29, 1.82) is 0 Å². The summed E-state index contributed by atoms with van der Waals surface area (Å²) < 4.78 is 24.9. The molecule has 12 atom stereocenters. The number of carbonyl (C=O) groups excluding carboxylic acids is 1. The number of esters is 1. The van der Waals surface area contributed by atoms with E-state index in [1.54, 1.807) is 13.8 Å². The third-order valence-electron chi connectivity index (χ3n) is 14.8. The number of hydrogen-bond donors (Lipinski definition) is 3. The van der Waals surface area contributed by atoms with Gasteiger partial charge < -0.3 is 34.4 Å². The molecule has 0 aromatic carbocycles. The molecule has 3 N–H and O–H groups in total. The van der Waals surface area contributed by atoms with Crippen LogP contribution in [0.25, 0.3) is 0 Å². The van der Waals surface area contributed by atoms with Gasteiger partial charge in [-0.1, -0.05) is 34.6 Å². The Hall–Kier alpha value is -1.23. The van der Waals surface area contributed by atoms with E-state index in [4.69, 9.17) is 18.9 Å². The summed E-state index contributed by atoms with van der Waals surface area (Å²) >= 11 is 0. The van der Waals surface area contributed by atoms with E-state index < -0.39 is 36.2 Å². The molecule has 0 bridgehead atoms. The molecule has 2 aliphatic heterocycles. The van der Waals surface area contributed by atoms with E-state index in [9.17, 15) is 20.2 Å². The molecule has 1 saturated heterocycles. The number of fused-ring (bicyclic) bond motifs is 3. The van der Waals surface area contributed by atoms with Gasteiger partial charge in [-0.3, -0.25) is 4.79 Å². The third kappa shape index (κ3) is 4.29. The van der Waals surface area contributed by atoms with Crippen molar-refractivity contribution >= 4 is 5.97 Å². The van der Waals surface area contributed by atoms with Gasteiger partial charge in [0.25, 0.3) is 0 Å². The summed E-state index contributed by atoms with van der Waals surface area (Å²) in [5.74, 6) is 1.30. The van der Waals surface area contributed by atoms with E-state index in [-0.39, 0.29) is 39.1 Å². The van der Waals surface area contributed by atoms with Gasteiger partial charge in [-0.15, -0.1) is 0 Å². The lowest BCUT2D eigenvalue weighted by atomic mass is 9.41. The minimum absolute atomic E-state index is 0.0189. The first-order chi connectivity index (χ1) is 20.9. The van der Waals surface area contributed by atoms with Crippen LogP contribution in [0.2, 0.25) is 0 Å². The van der Waals surface area contributed by atoms with Gasteiger partial charge in [0.15, 0.2) is 12.4 Å². The molecule has 9 nitrogen and oxygen atoms in total. The summed E-state index contributed by atoms with van der Waals surface area (Å²) in [4.78, 5) is 12.0. The first-order valence-electron chi connectivity index (χ1n) is 17.6. The Morgan fingerprint density at radius 3 is 2.42 bits per heavy atom. The van der Waals surface area contributed by atoms with Crippen LogP contribution in [0.4, 0.5) is 0 Å². The zero-order valence-electron chi connectivity index (χ0n) is 28.7. The molecule has 9 heteroatoms. The summed E-state index contributed by atoms with van der Waals surface area (Å²) in [5.41, 5.74) is -0.126. The monoisotopic (exact) mass is 631 g/mol. The number of ether oxygens (including phenoxy) is 4. The molecule has 0 amide bonds. The molecule has 5 fully saturated rings. The molecule has 2 spiro atoms. The Morgan fingerprint density at radius 1 is 1.07 bits per heavy atom. The van der Waals surface area contributed by atoms with Crippen LogP contribution in [0.1, 0.15) is 107 Å². The molecule has 12 unspecified atom stereocenters. The second-order valence-corrected chi connectivity index (χ2v) is 17.6. The maximum atomic E-state index is 12.4. The van der Waals surface area contributed by atoms with Crippen molar-refractivity contribution in [3.63, 3.8) is 0 Å². The highest BCUT2D eigenvalue weighted by atomic mass is 16.7. The molecular formula is C36H57NO8. The van der Waals surface area contributed by atoms with Crippen LogP contribution < -0.4 is 0 Å². The van der Waals surface area contributed by atoms with Gasteiger partial charge in [-0.25, -0.2) is 0 Å². The van der Waals surface area contributed by atoms with Crippen molar-refractivity contribution in [3.8, 4) is 0 Å². The van der Waals surface area contributed by atoms with Gasteiger partial charge in [0.2, 0.25) is 0 Å². The van der Waals surface area contributed by atoms with Gasteiger partial charge in [0.05, 0.1) is 24.9 Å². The largest absolute Gasteiger partial charge is 0.488 e. The zero-order chi connectivity index (χ0) is 32.5. The first-order valence-corrected chi connectivity index (χ1v) is 17.6. The maximum Gasteiger partial charge on any atom is 0.303 e. The van der Waals surface area contributed by atoms with Crippen LogP contribution >= 0.6 is 0 Å². The molecule has 254 valence electrons. The van der Waals surface area contributed by atoms with Crippen LogP contribution in [0.3, 0.4) is 0 Å². The van der Waals surface area contributed by atoms with E-state index in [1.165, 1.54) is 30.4 Å². The number of hydroxylamine groups is 2. The third-order valence-corrected chi connectivity index (χ3v) is 14.8. The Kier molecular flexibility index (Phi) is 7.29. The number of aliphatic hydroxyl groups is 2. The van der Waals surface area contributed by atoms with Gasteiger partial charge >= 0.3 is 5.97 Å². The Bertz CT molecular complexity index is 1260. The summed E-state index contributed by atoms with van der Waals surface area (Å²) in [6.45, 7) is 17.8. The topological polar surface area (TPSA) is 118 Å². The van der Waals surface area contributed by atoms with E-state index in [1.807, 2.05) is 0 Å². The average Bonchev–Trinajstić information content (AvgIpc) is 3.57. The molecular weight excluding hydrogens is 574 g/mol. The second-order valence-electron chi connectivity index (χ2n) is 17.6. The predicted octanol–water partition coefficient (Wildman–Crippen LogP) is 5.20. The maximum absolute atomic E-state index is 12.4. The smallest absolute Gasteiger partial charge is 0.303 e. The zero-order valence-corrected chi connectivity index (χ0v) is 28.7. The van der Waals surface area contributed by atoms with Gasteiger partial charge in [-0.05, 0) is 105 Å². The van der Waals surface area contributed by atoms with Crippen LogP contribution in [-0.4, -0.2) is 82.5 Å². The van der Waals surface area contributed by atoms with E-state index in [0.717, 1.165) is 32.1 Å². The number of morpholine rings is 1. The molecule has 7 aliphatic rings. The second kappa shape index (κ2) is 10.1. The highest BCUT2D eigenvalue weighted by molar-refractivity contribution is 5.66. The van der Waals surface area contributed by atoms with Gasteiger partial charge in [0.1, 0.15) is 18.0 Å². The predicted molar refractivity (Wildman–Crippen MR) is 166 cm³/mol. The highest BCUT2D eigenvalue weighted by Gasteiger charge is 2.83. The molecule has 2 heterocycles. The Morgan fingerprint density at radius 2 is 1.76 bits per heavy atom. The lowest BCUT2D eigenvalue weighted by Crippen LogP contribution is -2.60. The van der Waals surface area contributed by atoms with Gasteiger partial charge in [0, 0.05) is 24.3 Å². The van der Waals surface area contributed by atoms with E-state index in [0.29, 0.717) is 43.7 Å². The fourth-order valence-corrected chi connectivity index (χ4v) is 12.8. The molecule has 4 saturated carbocycles. The standard InChI is InChI=1S/C36H57NO8/c1-20-17-22(30(32(5,6)40)43-21(2)38)44-28-27(20)33(7)13-14-36-19-35(36)12-11-25(45-26-18-37(41)15-16-42-26)31(3,4)23(35)9-10-24(36)34(33,8)29(28)39/h20,22-26,29-30,39-41H,9-19H2,1-8H3. The summed E-state index contributed by atoms with van der Waals surface area (Å²) in [6, 6.07) is 0. The number of nitrogens with zero attached hydrogens (tertiary/aromatic N) is 1. The first kappa shape index (κ1) is 32.3. The van der Waals surface area contributed by atoms with Crippen LogP contribution in [0.5, 0.6) is 0 Å². The van der Waals surface area contributed by atoms with Crippen molar-refractivity contribution in [3.05, 3.63) is 11.3 Å². The van der Waals surface area contributed by atoms with Crippen molar-refractivity contribution < 1.29 is 39.2 Å². The number of aliphatic hydroxyl groups excluding tert-OH is 1. The molecule has 5 aliphatic carbocycles. The number of allylic oxidation sites excluding steroid dienone is 1. The molecule has 0 aromatic rings. The SMILES string of the molecule is CC(=O)OC(C1CC(C)C2=C(O1)C(O)C1(C)C3CCC4C(C)(C)C(OC5CN(O)CCO5)CCC45CC35CCC21C)C(C)(C)O. The molecule has 0 radical (unpaired) electrons. The summed E-state index contributed by atoms with van der Waals surface area (Å²) in [6.07, 6.45) is 5.99. The van der Waals surface area contributed by atoms with Crippen molar-refractivity contribution in [2.45, 2.75) is 143 Å². The average molecular weight is 632 g/mol. The minimum atomic E-state index is -1.28. The molecule has 0 aromatic heterocycles. The highest BCUT2D eigenvalue weighted by Crippen LogP contribution is 2.89. The minimum Gasteiger partial charge on any atom is -0.488 e. The number of rotatable bonds is 5. The lowest BCUT2D eigenvalue weighted by Gasteiger charge is -2.63. The summed E-state index contributed by atoms with van der Waals surface area (Å²) in [5, 5.41) is 34.8. The Balaban J connectivity index is 1.16. The number of hydrogen-bond acceptors (Lipinski definition) is 9. The van der Waals surface area contributed by atoms with E-state index >= 15 is 0 Å². The quantitative estimate of drug-likeness (QED) is 0.352. The summed E-state index contributed by atoms with van der Waals surface area (Å²) in [7, 11) is 0. The van der Waals surface area contributed by atoms with E-state index in [2.05, 4.69) is 34.6 Å². The van der Waals surface area contributed by atoms with Crippen LogP contribution in [-0.2, 0) is 23.7 Å². The van der Waals surface area contributed by atoms with Gasteiger partial charge in [-0.2, -0.15) is 5.06 Å². The lowest BCUT2D eigenvalue weighted by molar-refractivity contribution is -0.278. The van der Waals surface area contributed by atoms with Crippen molar-refractivity contribution in [1.82, 2.24) is 5.06 Å². The fraction of sp³-hybridized carbons (Fsp3) is 0.917. The molecule has 7 rings (SSSR count). The number of carbonyl (C=O) groups is 1. The van der Waals surface area contributed by atoms with Crippen LogP contribution in [0.15, 0.2) is 11.3 Å². The van der Waals surface area contributed by atoms with Crippen LogP contribution in [0, 0.1) is 44.8 Å². The molecule has 45 heavy (non-hydrogen) atoms.